The fourth-order valence-corrected chi connectivity index (χ4v) is 3.02. The molecule has 2 aromatic carbocycles. The first-order valence-corrected chi connectivity index (χ1v) is 6.04. The number of halogens is 2. The Morgan fingerprint density at radius 3 is 2.43 bits per heavy atom. The summed E-state index contributed by atoms with van der Waals surface area (Å²) in [4.78, 5) is 0. The van der Waals surface area contributed by atoms with Gasteiger partial charge in [0.25, 0.3) is 0 Å². The molecule has 0 saturated carbocycles. The largest absolute Gasteiger partial charge is 0.0613 e. The lowest BCUT2D eigenvalue weighted by Crippen LogP contribution is -1.84. The first kappa shape index (κ1) is 10.2. The zero-order chi connectivity index (χ0) is 10.3. The summed E-state index contributed by atoms with van der Waals surface area (Å²) in [6.07, 6.45) is 0. The van der Waals surface area contributed by atoms with E-state index < -0.39 is 0 Å². The number of aryl methyl sites for hydroxylation is 2. The van der Waals surface area contributed by atoms with E-state index in [2.05, 4.69) is 70.0 Å². The van der Waals surface area contributed by atoms with Gasteiger partial charge in [-0.1, -0.05) is 34.1 Å². The first-order valence-electron chi connectivity index (χ1n) is 4.45. The highest BCUT2D eigenvalue weighted by atomic mass is 79.9. The molecule has 0 spiro atoms. The van der Waals surface area contributed by atoms with Crippen LogP contribution in [0.15, 0.2) is 33.2 Å². The van der Waals surface area contributed by atoms with Crippen molar-refractivity contribution < 1.29 is 0 Å². The zero-order valence-corrected chi connectivity index (χ0v) is 11.2. The molecule has 2 heteroatoms. The van der Waals surface area contributed by atoms with Crippen molar-refractivity contribution in [1.29, 1.82) is 0 Å². The van der Waals surface area contributed by atoms with Crippen LogP contribution in [0.3, 0.4) is 0 Å². The lowest BCUT2D eigenvalue weighted by atomic mass is 10.0. The van der Waals surface area contributed by atoms with Gasteiger partial charge in [-0.25, -0.2) is 0 Å². The van der Waals surface area contributed by atoms with Crippen molar-refractivity contribution in [2.45, 2.75) is 13.8 Å². The second kappa shape index (κ2) is 3.67. The summed E-state index contributed by atoms with van der Waals surface area (Å²) in [6.45, 7) is 4.24. The van der Waals surface area contributed by atoms with Gasteiger partial charge < -0.3 is 0 Å². The molecule has 72 valence electrons. The fourth-order valence-electron chi connectivity index (χ4n) is 1.71. The molecule has 2 rings (SSSR count). The van der Waals surface area contributed by atoms with Crippen LogP contribution in [0.5, 0.6) is 0 Å². The Labute approximate surface area is 101 Å². The van der Waals surface area contributed by atoms with E-state index in [1.54, 1.807) is 0 Å². The van der Waals surface area contributed by atoms with E-state index in [0.717, 1.165) is 0 Å². The molecule has 0 unspecified atom stereocenters. The van der Waals surface area contributed by atoms with Crippen LogP contribution in [0.25, 0.3) is 10.8 Å². The molecule has 0 atom stereocenters. The first-order chi connectivity index (χ1) is 6.61. The summed E-state index contributed by atoms with van der Waals surface area (Å²) in [6, 6.07) is 8.52. The molecule has 0 aliphatic heterocycles. The maximum absolute atomic E-state index is 3.63. The maximum atomic E-state index is 3.63. The summed E-state index contributed by atoms with van der Waals surface area (Å²) in [5.41, 5.74) is 2.56. The second-order valence-electron chi connectivity index (χ2n) is 3.49. The standard InChI is InChI=1S/C12H10Br2/c1-7-4-3-5-9-11(7)10(13)6-8(2)12(9)14/h3-6H,1-2H3. The average molecular weight is 314 g/mol. The van der Waals surface area contributed by atoms with Gasteiger partial charge in [0.15, 0.2) is 0 Å². The molecule has 0 saturated heterocycles. The highest BCUT2D eigenvalue weighted by molar-refractivity contribution is 9.11. The average Bonchev–Trinajstić information content (AvgIpc) is 2.14. The molecule has 0 N–H and O–H groups in total. The van der Waals surface area contributed by atoms with Crippen LogP contribution in [0.1, 0.15) is 11.1 Å². The third kappa shape index (κ3) is 1.51. The SMILES string of the molecule is Cc1cc(Br)c2c(C)cccc2c1Br. The van der Waals surface area contributed by atoms with Gasteiger partial charge in [0.2, 0.25) is 0 Å². The Morgan fingerprint density at radius 2 is 1.71 bits per heavy atom. The van der Waals surface area contributed by atoms with Gasteiger partial charge in [-0.05, 0) is 57.7 Å². The molecule has 0 nitrogen and oxygen atoms in total. The normalized spacial score (nSPS) is 10.9. The molecule has 0 amide bonds. The maximum Gasteiger partial charge on any atom is 0.0283 e. The van der Waals surface area contributed by atoms with Gasteiger partial charge in [0, 0.05) is 8.95 Å². The van der Waals surface area contributed by atoms with E-state index >= 15 is 0 Å². The number of fused-ring (bicyclic) bond motifs is 1. The smallest absolute Gasteiger partial charge is 0.0283 e. The van der Waals surface area contributed by atoms with Crippen molar-refractivity contribution in [2.24, 2.45) is 0 Å². The molecular weight excluding hydrogens is 304 g/mol. The fraction of sp³-hybridized carbons (Fsp3) is 0.167. The van der Waals surface area contributed by atoms with Crippen LogP contribution in [0.4, 0.5) is 0 Å². The Morgan fingerprint density at radius 1 is 1.00 bits per heavy atom. The number of hydrogen-bond donors (Lipinski definition) is 0. The van der Waals surface area contributed by atoms with Crippen LogP contribution >= 0.6 is 31.9 Å². The Hall–Kier alpha value is -0.340. The van der Waals surface area contributed by atoms with Gasteiger partial charge in [0.1, 0.15) is 0 Å². The predicted octanol–water partition coefficient (Wildman–Crippen LogP) is 4.98. The highest BCUT2D eigenvalue weighted by Crippen LogP contribution is 2.34. The Balaban J connectivity index is 3.02. The molecule has 14 heavy (non-hydrogen) atoms. The van der Waals surface area contributed by atoms with Crippen LogP contribution in [-0.4, -0.2) is 0 Å². The van der Waals surface area contributed by atoms with Crippen molar-refractivity contribution >= 4 is 42.6 Å². The van der Waals surface area contributed by atoms with Crippen LogP contribution in [0, 0.1) is 13.8 Å². The molecule has 0 aliphatic carbocycles. The summed E-state index contributed by atoms with van der Waals surface area (Å²) in [5, 5.41) is 2.57. The van der Waals surface area contributed by atoms with E-state index in [-0.39, 0.29) is 0 Å². The van der Waals surface area contributed by atoms with E-state index in [0.29, 0.717) is 0 Å². The number of hydrogen-bond acceptors (Lipinski definition) is 0. The summed E-state index contributed by atoms with van der Waals surface area (Å²) >= 11 is 7.24. The molecule has 0 aromatic heterocycles. The van der Waals surface area contributed by atoms with Gasteiger partial charge >= 0.3 is 0 Å². The van der Waals surface area contributed by atoms with E-state index in [1.807, 2.05) is 0 Å². The van der Waals surface area contributed by atoms with Gasteiger partial charge in [-0.2, -0.15) is 0 Å². The molecule has 0 aliphatic rings. The van der Waals surface area contributed by atoms with Crippen LogP contribution < -0.4 is 0 Å². The lowest BCUT2D eigenvalue weighted by molar-refractivity contribution is 1.43. The Bertz CT molecular complexity index is 501. The van der Waals surface area contributed by atoms with Crippen LogP contribution in [0.2, 0.25) is 0 Å². The molecule has 0 heterocycles. The number of benzene rings is 2. The van der Waals surface area contributed by atoms with Gasteiger partial charge in [-0.3, -0.25) is 0 Å². The summed E-state index contributed by atoms with van der Waals surface area (Å²) < 4.78 is 2.37. The van der Waals surface area contributed by atoms with E-state index in [9.17, 15) is 0 Å². The van der Waals surface area contributed by atoms with Crippen molar-refractivity contribution in [1.82, 2.24) is 0 Å². The monoisotopic (exact) mass is 312 g/mol. The third-order valence-corrected chi connectivity index (χ3v) is 4.12. The molecular formula is C12H10Br2. The lowest BCUT2D eigenvalue weighted by Gasteiger charge is -2.09. The zero-order valence-electron chi connectivity index (χ0n) is 8.07. The van der Waals surface area contributed by atoms with Crippen molar-refractivity contribution in [3.63, 3.8) is 0 Å². The quantitative estimate of drug-likeness (QED) is 0.643. The summed E-state index contributed by atoms with van der Waals surface area (Å²) in [5.74, 6) is 0. The predicted molar refractivity (Wildman–Crippen MR) is 68.8 cm³/mol. The molecule has 0 bridgehead atoms. The van der Waals surface area contributed by atoms with Crippen molar-refractivity contribution in [2.75, 3.05) is 0 Å². The topological polar surface area (TPSA) is 0 Å². The minimum atomic E-state index is 1.17. The highest BCUT2D eigenvalue weighted by Gasteiger charge is 2.07. The van der Waals surface area contributed by atoms with Crippen molar-refractivity contribution in [3.8, 4) is 0 Å². The van der Waals surface area contributed by atoms with E-state index in [1.165, 1.54) is 30.8 Å². The van der Waals surface area contributed by atoms with Crippen LogP contribution in [-0.2, 0) is 0 Å². The Kier molecular flexibility index (Phi) is 2.67. The molecule has 2 aromatic rings. The summed E-state index contributed by atoms with van der Waals surface area (Å²) in [7, 11) is 0. The minimum absolute atomic E-state index is 1.17. The van der Waals surface area contributed by atoms with E-state index in [4.69, 9.17) is 0 Å². The second-order valence-corrected chi connectivity index (χ2v) is 5.13. The van der Waals surface area contributed by atoms with Gasteiger partial charge in [0.05, 0.1) is 0 Å². The van der Waals surface area contributed by atoms with Gasteiger partial charge in [-0.15, -0.1) is 0 Å². The minimum Gasteiger partial charge on any atom is -0.0613 e. The molecule has 0 radical (unpaired) electrons. The number of rotatable bonds is 0. The van der Waals surface area contributed by atoms with Crippen molar-refractivity contribution in [3.05, 3.63) is 44.3 Å². The molecule has 0 fully saturated rings. The third-order valence-electron chi connectivity index (χ3n) is 2.44.